The summed E-state index contributed by atoms with van der Waals surface area (Å²) in [6, 6.07) is 10.7. The molecule has 1 heterocycles. The van der Waals surface area contributed by atoms with E-state index in [2.05, 4.69) is 5.32 Å². The molecule has 2 rings (SSSR count). The average Bonchev–Trinajstić information content (AvgIpc) is 2.90. The number of rotatable bonds is 5. The molecule has 2 nitrogen and oxygen atoms in total. The molecule has 1 N–H and O–H groups in total. The largest absolute Gasteiger partial charge is 0.468 e. The van der Waals surface area contributed by atoms with Crippen molar-refractivity contribution in [3.05, 3.63) is 59.8 Å². The van der Waals surface area contributed by atoms with Gasteiger partial charge in [0.2, 0.25) is 0 Å². The maximum Gasteiger partial charge on any atom is 0.127 e. The van der Waals surface area contributed by atoms with Gasteiger partial charge in [0, 0.05) is 11.6 Å². The fraction of sp³-hybridized carbons (Fsp3) is 0.333. The molecule has 3 heteroatoms. The highest BCUT2D eigenvalue weighted by molar-refractivity contribution is 5.21. The highest BCUT2D eigenvalue weighted by Gasteiger charge is 2.17. The quantitative estimate of drug-likeness (QED) is 0.855. The van der Waals surface area contributed by atoms with Crippen LogP contribution in [0.1, 0.15) is 43.7 Å². The summed E-state index contributed by atoms with van der Waals surface area (Å²) in [7, 11) is 0. The molecule has 0 radical (unpaired) electrons. The van der Waals surface area contributed by atoms with E-state index in [0.717, 1.165) is 12.2 Å². The second kappa shape index (κ2) is 5.83. The van der Waals surface area contributed by atoms with Crippen LogP contribution in [-0.4, -0.2) is 0 Å². The Morgan fingerprint density at radius 1 is 1.22 bits per heavy atom. The van der Waals surface area contributed by atoms with Gasteiger partial charge in [-0.05, 0) is 31.5 Å². The smallest absolute Gasteiger partial charge is 0.127 e. The Hall–Kier alpha value is -1.61. The molecule has 0 bridgehead atoms. The average molecular weight is 247 g/mol. The van der Waals surface area contributed by atoms with E-state index in [9.17, 15) is 4.39 Å². The van der Waals surface area contributed by atoms with Crippen molar-refractivity contribution in [3.8, 4) is 0 Å². The Kier molecular flexibility index (Phi) is 4.15. The molecule has 2 atom stereocenters. The Balaban J connectivity index is 2.13. The number of nitrogens with one attached hydrogen (secondary N) is 1. The Labute approximate surface area is 107 Å². The SMILES string of the molecule is CCC(N[C@H](C)c1ccco1)c1ccccc1F. The number of halogens is 1. The topological polar surface area (TPSA) is 25.2 Å². The Morgan fingerprint density at radius 3 is 2.61 bits per heavy atom. The minimum absolute atomic E-state index is 0.00806. The van der Waals surface area contributed by atoms with Crippen molar-refractivity contribution >= 4 is 0 Å². The van der Waals surface area contributed by atoms with E-state index in [1.807, 2.05) is 38.1 Å². The summed E-state index contributed by atoms with van der Waals surface area (Å²) in [5, 5.41) is 3.39. The minimum Gasteiger partial charge on any atom is -0.468 e. The first kappa shape index (κ1) is 12.8. The summed E-state index contributed by atoms with van der Waals surface area (Å²) in [6.45, 7) is 4.06. The fourth-order valence-corrected chi connectivity index (χ4v) is 2.11. The lowest BCUT2D eigenvalue weighted by Crippen LogP contribution is -2.24. The lowest BCUT2D eigenvalue weighted by atomic mass is 10.0. The van der Waals surface area contributed by atoms with Crippen molar-refractivity contribution in [2.45, 2.75) is 32.4 Å². The van der Waals surface area contributed by atoms with Crippen LogP contribution >= 0.6 is 0 Å². The van der Waals surface area contributed by atoms with E-state index >= 15 is 0 Å². The van der Waals surface area contributed by atoms with E-state index in [1.165, 1.54) is 6.07 Å². The third kappa shape index (κ3) is 2.79. The van der Waals surface area contributed by atoms with Crippen molar-refractivity contribution in [1.29, 1.82) is 0 Å². The highest BCUT2D eigenvalue weighted by Crippen LogP contribution is 2.24. The van der Waals surface area contributed by atoms with Gasteiger partial charge in [0.1, 0.15) is 11.6 Å². The summed E-state index contributed by atoms with van der Waals surface area (Å²) in [5.74, 6) is 0.702. The highest BCUT2D eigenvalue weighted by atomic mass is 19.1. The first-order chi connectivity index (χ1) is 8.72. The summed E-state index contributed by atoms with van der Waals surface area (Å²) in [4.78, 5) is 0. The molecule has 0 saturated heterocycles. The molecule has 0 aliphatic heterocycles. The zero-order valence-corrected chi connectivity index (χ0v) is 10.7. The van der Waals surface area contributed by atoms with Crippen LogP contribution in [0.25, 0.3) is 0 Å². The maximum absolute atomic E-state index is 13.8. The second-order valence-corrected chi connectivity index (χ2v) is 4.39. The fourth-order valence-electron chi connectivity index (χ4n) is 2.11. The molecule has 1 aromatic carbocycles. The molecular formula is C15H18FNO. The lowest BCUT2D eigenvalue weighted by molar-refractivity contribution is 0.380. The normalized spacial score (nSPS) is 14.4. The van der Waals surface area contributed by atoms with Crippen LogP contribution in [0.4, 0.5) is 4.39 Å². The number of benzene rings is 1. The first-order valence-electron chi connectivity index (χ1n) is 6.26. The van der Waals surface area contributed by atoms with Crippen LogP contribution in [0.5, 0.6) is 0 Å². The molecule has 0 spiro atoms. The lowest BCUT2D eigenvalue weighted by Gasteiger charge is -2.21. The van der Waals surface area contributed by atoms with Gasteiger partial charge in [-0.3, -0.25) is 0 Å². The molecule has 0 aliphatic rings. The van der Waals surface area contributed by atoms with E-state index < -0.39 is 0 Å². The summed E-state index contributed by atoms with van der Waals surface area (Å²) in [5.41, 5.74) is 0.707. The van der Waals surface area contributed by atoms with E-state index in [-0.39, 0.29) is 17.9 Å². The molecule has 0 aliphatic carbocycles. The van der Waals surface area contributed by atoms with Crippen molar-refractivity contribution in [3.63, 3.8) is 0 Å². The van der Waals surface area contributed by atoms with Gasteiger partial charge in [0.25, 0.3) is 0 Å². The Bertz CT molecular complexity index is 481. The number of hydrogen-bond acceptors (Lipinski definition) is 2. The van der Waals surface area contributed by atoms with Gasteiger partial charge in [0.15, 0.2) is 0 Å². The predicted octanol–water partition coefficient (Wildman–Crippen LogP) is 4.22. The van der Waals surface area contributed by atoms with Crippen LogP contribution in [-0.2, 0) is 0 Å². The van der Waals surface area contributed by atoms with Crippen LogP contribution < -0.4 is 5.32 Å². The molecule has 18 heavy (non-hydrogen) atoms. The van der Waals surface area contributed by atoms with Crippen LogP contribution in [0.2, 0.25) is 0 Å². The molecular weight excluding hydrogens is 229 g/mol. The summed E-state index contributed by atoms with van der Waals surface area (Å²) >= 11 is 0. The maximum atomic E-state index is 13.8. The first-order valence-corrected chi connectivity index (χ1v) is 6.26. The molecule has 0 amide bonds. The van der Waals surface area contributed by atoms with Gasteiger partial charge in [-0.25, -0.2) is 4.39 Å². The van der Waals surface area contributed by atoms with E-state index in [4.69, 9.17) is 4.42 Å². The molecule has 1 aromatic heterocycles. The van der Waals surface area contributed by atoms with Crippen molar-refractivity contribution < 1.29 is 8.81 Å². The predicted molar refractivity (Wildman–Crippen MR) is 69.7 cm³/mol. The van der Waals surface area contributed by atoms with Gasteiger partial charge in [-0.15, -0.1) is 0 Å². The number of hydrogen-bond donors (Lipinski definition) is 1. The zero-order valence-electron chi connectivity index (χ0n) is 10.7. The van der Waals surface area contributed by atoms with Gasteiger partial charge in [-0.1, -0.05) is 25.1 Å². The summed E-state index contributed by atoms with van der Waals surface area (Å²) < 4.78 is 19.1. The third-order valence-corrected chi connectivity index (χ3v) is 3.11. The molecule has 1 unspecified atom stereocenters. The van der Waals surface area contributed by atoms with Gasteiger partial charge in [-0.2, -0.15) is 0 Å². The van der Waals surface area contributed by atoms with Crippen molar-refractivity contribution in [2.24, 2.45) is 0 Å². The molecule has 0 fully saturated rings. The number of furan rings is 1. The summed E-state index contributed by atoms with van der Waals surface area (Å²) in [6.07, 6.45) is 2.48. The van der Waals surface area contributed by atoms with Gasteiger partial charge < -0.3 is 9.73 Å². The molecule has 96 valence electrons. The van der Waals surface area contributed by atoms with Gasteiger partial charge >= 0.3 is 0 Å². The van der Waals surface area contributed by atoms with Crippen LogP contribution in [0, 0.1) is 5.82 Å². The van der Waals surface area contributed by atoms with Gasteiger partial charge in [0.05, 0.1) is 12.3 Å². The van der Waals surface area contributed by atoms with Crippen molar-refractivity contribution in [1.82, 2.24) is 5.32 Å². The second-order valence-electron chi connectivity index (χ2n) is 4.39. The molecule has 0 saturated carbocycles. The third-order valence-electron chi connectivity index (χ3n) is 3.11. The monoisotopic (exact) mass is 247 g/mol. The standard InChI is InChI=1S/C15H18FNO/c1-3-14(12-7-4-5-8-13(12)16)17-11(2)15-9-6-10-18-15/h4-11,14,17H,3H2,1-2H3/t11-,14?/m1/s1. The Morgan fingerprint density at radius 2 is 2.00 bits per heavy atom. The molecule has 2 aromatic rings. The van der Waals surface area contributed by atoms with E-state index in [0.29, 0.717) is 5.56 Å². The van der Waals surface area contributed by atoms with Crippen LogP contribution in [0.3, 0.4) is 0 Å². The van der Waals surface area contributed by atoms with Crippen LogP contribution in [0.15, 0.2) is 47.1 Å². The minimum atomic E-state index is -0.163. The van der Waals surface area contributed by atoms with Crippen molar-refractivity contribution in [2.75, 3.05) is 0 Å². The van der Waals surface area contributed by atoms with E-state index in [1.54, 1.807) is 12.3 Å². The zero-order chi connectivity index (χ0) is 13.0.